The molecule has 2 aliphatic heterocycles. The number of sulfonamides is 1. The minimum absolute atomic E-state index is 0.0964. The fourth-order valence-electron chi connectivity index (χ4n) is 3.43. The standard InChI is InChI=1S/C18H28ClN5O2S2/c1-20-18(21-5-14-28(25,26)24-10-12-27-13-11-24)23-8-6-22(7-9-23)17-4-2-3-16(19)15-17/h2-4,15H,5-14H2,1H3,(H,20,21). The third-order valence-corrected chi connectivity index (χ3v) is 8.02. The highest BCUT2D eigenvalue weighted by Crippen LogP contribution is 2.20. The highest BCUT2D eigenvalue weighted by atomic mass is 35.5. The minimum atomic E-state index is -3.20. The normalized spacial score (nSPS) is 19.7. The molecule has 0 bridgehead atoms. The molecule has 28 heavy (non-hydrogen) atoms. The molecule has 0 amide bonds. The number of nitrogens with zero attached hydrogens (tertiary/aromatic N) is 4. The molecule has 156 valence electrons. The van der Waals surface area contributed by atoms with E-state index in [0.29, 0.717) is 19.6 Å². The first-order valence-electron chi connectivity index (χ1n) is 9.51. The average molecular weight is 446 g/mol. The number of halogens is 1. The molecule has 2 heterocycles. The average Bonchev–Trinajstić information content (AvgIpc) is 2.72. The van der Waals surface area contributed by atoms with E-state index in [4.69, 9.17) is 11.6 Å². The van der Waals surface area contributed by atoms with Gasteiger partial charge in [-0.25, -0.2) is 12.7 Å². The molecule has 0 aromatic heterocycles. The first-order chi connectivity index (χ1) is 13.5. The highest BCUT2D eigenvalue weighted by molar-refractivity contribution is 7.99. The van der Waals surface area contributed by atoms with Gasteiger partial charge in [0.15, 0.2) is 5.96 Å². The zero-order valence-corrected chi connectivity index (χ0v) is 18.6. The molecule has 7 nitrogen and oxygen atoms in total. The summed E-state index contributed by atoms with van der Waals surface area (Å²) in [6.45, 7) is 4.98. The molecule has 0 atom stereocenters. The SMILES string of the molecule is CN=C(NCCS(=O)(=O)N1CCSCC1)N1CCN(c2cccc(Cl)c2)CC1. The molecule has 0 spiro atoms. The van der Waals surface area contributed by atoms with E-state index in [0.717, 1.165) is 54.4 Å². The van der Waals surface area contributed by atoms with Crippen LogP contribution in [0, 0.1) is 0 Å². The van der Waals surface area contributed by atoms with Crippen molar-refractivity contribution in [3.05, 3.63) is 29.3 Å². The molecule has 1 N–H and O–H groups in total. The van der Waals surface area contributed by atoms with Gasteiger partial charge in [-0.15, -0.1) is 0 Å². The molecule has 2 fully saturated rings. The molecule has 0 unspecified atom stereocenters. The fourth-order valence-corrected chi connectivity index (χ4v) is 6.10. The van der Waals surface area contributed by atoms with Gasteiger partial charge in [0.1, 0.15) is 0 Å². The lowest BCUT2D eigenvalue weighted by molar-refractivity contribution is 0.373. The van der Waals surface area contributed by atoms with Crippen molar-refractivity contribution in [2.75, 3.05) is 75.0 Å². The van der Waals surface area contributed by atoms with Gasteiger partial charge in [-0.1, -0.05) is 17.7 Å². The lowest BCUT2D eigenvalue weighted by atomic mass is 10.2. The van der Waals surface area contributed by atoms with Gasteiger partial charge in [-0.05, 0) is 18.2 Å². The largest absolute Gasteiger partial charge is 0.368 e. The summed E-state index contributed by atoms with van der Waals surface area (Å²) < 4.78 is 26.5. The van der Waals surface area contributed by atoms with Gasteiger partial charge in [0.2, 0.25) is 10.0 Å². The van der Waals surface area contributed by atoms with Gasteiger partial charge in [0.25, 0.3) is 0 Å². The molecule has 2 saturated heterocycles. The Kier molecular flexibility index (Phi) is 7.73. The summed E-state index contributed by atoms with van der Waals surface area (Å²) in [4.78, 5) is 8.81. The molecule has 2 aliphatic rings. The monoisotopic (exact) mass is 445 g/mol. The molecule has 10 heteroatoms. The first-order valence-corrected chi connectivity index (χ1v) is 12.7. The number of anilines is 1. The number of hydrogen-bond acceptors (Lipinski definition) is 5. The molecule has 1 aromatic rings. The van der Waals surface area contributed by atoms with Crippen LogP contribution in [0.1, 0.15) is 0 Å². The lowest BCUT2D eigenvalue weighted by Gasteiger charge is -2.37. The van der Waals surface area contributed by atoms with Crippen LogP contribution in [0.4, 0.5) is 5.69 Å². The Morgan fingerprint density at radius 1 is 1.18 bits per heavy atom. The maximum Gasteiger partial charge on any atom is 0.215 e. The summed E-state index contributed by atoms with van der Waals surface area (Å²) in [6, 6.07) is 7.89. The lowest BCUT2D eigenvalue weighted by Crippen LogP contribution is -2.53. The number of guanidine groups is 1. The summed E-state index contributed by atoms with van der Waals surface area (Å²) >= 11 is 7.90. The number of hydrogen-bond donors (Lipinski definition) is 1. The van der Waals surface area contributed by atoms with Gasteiger partial charge in [-0.2, -0.15) is 11.8 Å². The zero-order valence-electron chi connectivity index (χ0n) is 16.2. The number of benzene rings is 1. The third kappa shape index (κ3) is 5.68. The van der Waals surface area contributed by atoms with Crippen molar-refractivity contribution in [3.63, 3.8) is 0 Å². The Labute approximate surface area is 177 Å². The maximum atomic E-state index is 12.5. The first kappa shape index (κ1) is 21.5. The Balaban J connectivity index is 1.47. The van der Waals surface area contributed by atoms with E-state index in [1.165, 1.54) is 0 Å². The van der Waals surface area contributed by atoms with Crippen LogP contribution >= 0.6 is 23.4 Å². The second kappa shape index (κ2) is 10.0. The quantitative estimate of drug-likeness (QED) is 0.546. The molecule has 1 aromatic carbocycles. The van der Waals surface area contributed by atoms with Gasteiger partial charge in [-0.3, -0.25) is 4.99 Å². The summed E-state index contributed by atoms with van der Waals surface area (Å²) in [6.07, 6.45) is 0. The van der Waals surface area contributed by atoms with Crippen molar-refractivity contribution < 1.29 is 8.42 Å². The van der Waals surface area contributed by atoms with Crippen molar-refractivity contribution in [1.82, 2.24) is 14.5 Å². The predicted octanol–water partition coefficient (Wildman–Crippen LogP) is 1.42. The van der Waals surface area contributed by atoms with Crippen LogP contribution in [0.3, 0.4) is 0 Å². The number of rotatable bonds is 5. The van der Waals surface area contributed by atoms with Crippen LogP contribution < -0.4 is 10.2 Å². The van der Waals surface area contributed by atoms with Crippen LogP contribution in [-0.2, 0) is 10.0 Å². The van der Waals surface area contributed by atoms with Crippen LogP contribution in [-0.4, -0.2) is 93.7 Å². The van der Waals surface area contributed by atoms with E-state index in [1.807, 2.05) is 18.2 Å². The number of nitrogens with one attached hydrogen (secondary N) is 1. The Morgan fingerprint density at radius 2 is 1.89 bits per heavy atom. The van der Waals surface area contributed by atoms with Crippen molar-refractivity contribution in [2.24, 2.45) is 4.99 Å². The van der Waals surface area contributed by atoms with Crippen molar-refractivity contribution >= 4 is 45.0 Å². The second-order valence-corrected chi connectivity index (χ2v) is 10.5. The summed E-state index contributed by atoms with van der Waals surface area (Å²) in [5, 5.41) is 3.96. The molecular formula is C18H28ClN5O2S2. The van der Waals surface area contributed by atoms with Crippen LogP contribution in [0.2, 0.25) is 5.02 Å². The smallest absolute Gasteiger partial charge is 0.215 e. The van der Waals surface area contributed by atoms with E-state index in [9.17, 15) is 8.42 Å². The number of thioether (sulfide) groups is 1. The Morgan fingerprint density at radius 3 is 2.54 bits per heavy atom. The molecule has 0 saturated carbocycles. The Bertz CT molecular complexity index is 776. The van der Waals surface area contributed by atoms with Gasteiger partial charge in [0.05, 0.1) is 5.75 Å². The van der Waals surface area contributed by atoms with E-state index >= 15 is 0 Å². The Hall–Kier alpha value is -1.16. The summed E-state index contributed by atoms with van der Waals surface area (Å²) in [5.74, 6) is 2.62. The van der Waals surface area contributed by atoms with Crippen molar-refractivity contribution in [1.29, 1.82) is 0 Å². The summed E-state index contributed by atoms with van der Waals surface area (Å²) in [7, 11) is -1.47. The molecule has 3 rings (SSSR count). The predicted molar refractivity (Wildman–Crippen MR) is 119 cm³/mol. The number of aliphatic imine (C=N–C) groups is 1. The van der Waals surface area contributed by atoms with E-state index < -0.39 is 10.0 Å². The van der Waals surface area contributed by atoms with E-state index in [-0.39, 0.29) is 5.75 Å². The summed E-state index contributed by atoms with van der Waals surface area (Å²) in [5.41, 5.74) is 1.13. The van der Waals surface area contributed by atoms with E-state index in [1.54, 1.807) is 23.1 Å². The third-order valence-electron chi connectivity index (χ3n) is 4.97. The van der Waals surface area contributed by atoms with Crippen molar-refractivity contribution in [2.45, 2.75) is 0 Å². The van der Waals surface area contributed by atoms with Gasteiger partial charge >= 0.3 is 0 Å². The second-order valence-electron chi connectivity index (χ2n) is 6.76. The zero-order chi connectivity index (χ0) is 20.0. The van der Waals surface area contributed by atoms with Crippen LogP contribution in [0.5, 0.6) is 0 Å². The fraction of sp³-hybridized carbons (Fsp3) is 0.611. The van der Waals surface area contributed by atoms with Crippen LogP contribution in [0.25, 0.3) is 0 Å². The van der Waals surface area contributed by atoms with Gasteiger partial charge in [0, 0.05) is 75.1 Å². The molecular weight excluding hydrogens is 418 g/mol. The van der Waals surface area contributed by atoms with E-state index in [2.05, 4.69) is 26.2 Å². The molecule has 0 radical (unpaired) electrons. The minimum Gasteiger partial charge on any atom is -0.368 e. The highest BCUT2D eigenvalue weighted by Gasteiger charge is 2.24. The molecule has 0 aliphatic carbocycles. The van der Waals surface area contributed by atoms with Gasteiger partial charge < -0.3 is 15.1 Å². The van der Waals surface area contributed by atoms with Crippen molar-refractivity contribution in [3.8, 4) is 0 Å². The number of piperazine rings is 1. The topological polar surface area (TPSA) is 68.2 Å². The maximum absolute atomic E-state index is 12.5. The van der Waals surface area contributed by atoms with Crippen LogP contribution in [0.15, 0.2) is 29.3 Å².